The molecule has 0 saturated heterocycles. The average Bonchev–Trinajstić information content (AvgIpc) is 2.55. The van der Waals surface area contributed by atoms with Gasteiger partial charge in [-0.25, -0.2) is 0 Å². The first-order valence-corrected chi connectivity index (χ1v) is 8.68. The summed E-state index contributed by atoms with van der Waals surface area (Å²) < 4.78 is 0. The third-order valence-electron chi connectivity index (χ3n) is 3.14. The Kier molecular flexibility index (Phi) is 6.07. The summed E-state index contributed by atoms with van der Waals surface area (Å²) in [6.45, 7) is 2.40. The van der Waals surface area contributed by atoms with Gasteiger partial charge in [-0.2, -0.15) is 0 Å². The molecule has 0 unspecified atom stereocenters. The van der Waals surface area contributed by atoms with Crippen molar-refractivity contribution in [1.82, 2.24) is 5.32 Å². The summed E-state index contributed by atoms with van der Waals surface area (Å²) >= 11 is 7.64. The molecule has 0 heterocycles. The van der Waals surface area contributed by atoms with Gasteiger partial charge in [0.1, 0.15) is 0 Å². The largest absolute Gasteiger partial charge is 0.352 e. The lowest BCUT2D eigenvalue weighted by Crippen LogP contribution is -2.22. The van der Waals surface area contributed by atoms with Crippen LogP contribution in [0.4, 0.5) is 5.69 Å². The van der Waals surface area contributed by atoms with Gasteiger partial charge in [0, 0.05) is 22.7 Å². The number of nitrogens with one attached hydrogen (secondary N) is 2. The van der Waals surface area contributed by atoms with Gasteiger partial charge in [-0.15, -0.1) is 11.8 Å². The van der Waals surface area contributed by atoms with E-state index in [2.05, 4.69) is 10.6 Å². The fourth-order valence-corrected chi connectivity index (χ4v) is 2.65. The summed E-state index contributed by atoms with van der Waals surface area (Å²) in [5.74, 6) is -0.482. The first kappa shape index (κ1) is 17.4. The molecule has 2 aromatic rings. The van der Waals surface area contributed by atoms with Crippen LogP contribution in [-0.2, 0) is 0 Å². The second-order valence-corrected chi connectivity index (χ2v) is 6.03. The molecule has 0 aliphatic heterocycles. The minimum atomic E-state index is -0.307. The minimum absolute atomic E-state index is 0.175. The molecule has 2 amide bonds. The molecule has 0 bridgehead atoms. The zero-order chi connectivity index (χ0) is 16.8. The predicted octanol–water partition coefficient (Wildman–Crippen LogP) is 4.06. The van der Waals surface area contributed by atoms with Crippen LogP contribution in [0.2, 0.25) is 5.02 Å². The Hall–Kier alpha value is -1.98. The van der Waals surface area contributed by atoms with Crippen molar-refractivity contribution in [3.8, 4) is 0 Å². The third kappa shape index (κ3) is 4.50. The number of rotatable bonds is 5. The van der Waals surface area contributed by atoms with Crippen LogP contribution in [0.15, 0.2) is 47.4 Å². The fraction of sp³-hybridized carbons (Fsp3) is 0.176. The highest BCUT2D eigenvalue weighted by molar-refractivity contribution is 7.98. The van der Waals surface area contributed by atoms with Crippen molar-refractivity contribution in [3.63, 3.8) is 0 Å². The molecule has 0 aliphatic rings. The van der Waals surface area contributed by atoms with E-state index in [1.807, 2.05) is 19.2 Å². The van der Waals surface area contributed by atoms with Crippen LogP contribution in [0.3, 0.4) is 0 Å². The SMILES string of the molecule is CCNC(=O)c1cccc(NC(=O)c2cc(SC)ccc2Cl)c1. The smallest absolute Gasteiger partial charge is 0.257 e. The topological polar surface area (TPSA) is 58.2 Å². The maximum Gasteiger partial charge on any atom is 0.257 e. The van der Waals surface area contributed by atoms with Crippen LogP contribution in [0.1, 0.15) is 27.6 Å². The molecule has 0 aliphatic carbocycles. The normalized spacial score (nSPS) is 10.2. The van der Waals surface area contributed by atoms with Gasteiger partial charge in [0.15, 0.2) is 0 Å². The molecule has 120 valence electrons. The van der Waals surface area contributed by atoms with E-state index in [0.29, 0.717) is 28.4 Å². The molecule has 2 aromatic carbocycles. The Morgan fingerprint density at radius 3 is 2.61 bits per heavy atom. The lowest BCUT2D eigenvalue weighted by Gasteiger charge is -2.09. The van der Waals surface area contributed by atoms with E-state index in [0.717, 1.165) is 4.90 Å². The quantitative estimate of drug-likeness (QED) is 0.801. The van der Waals surface area contributed by atoms with E-state index in [1.165, 1.54) is 11.8 Å². The van der Waals surface area contributed by atoms with Gasteiger partial charge in [-0.3, -0.25) is 9.59 Å². The van der Waals surface area contributed by atoms with Crippen molar-refractivity contribution >= 4 is 40.9 Å². The molecule has 0 fully saturated rings. The summed E-state index contributed by atoms with van der Waals surface area (Å²) in [5.41, 5.74) is 1.44. The van der Waals surface area contributed by atoms with Crippen LogP contribution < -0.4 is 10.6 Å². The summed E-state index contributed by atoms with van der Waals surface area (Å²) in [6.07, 6.45) is 1.93. The molecule has 0 aromatic heterocycles. The van der Waals surface area contributed by atoms with E-state index in [1.54, 1.807) is 36.4 Å². The first-order chi connectivity index (χ1) is 11.0. The van der Waals surface area contributed by atoms with Crippen LogP contribution >= 0.6 is 23.4 Å². The van der Waals surface area contributed by atoms with Gasteiger partial charge in [-0.05, 0) is 49.6 Å². The minimum Gasteiger partial charge on any atom is -0.352 e. The second kappa shape index (κ2) is 8.04. The standard InChI is InChI=1S/C17H17ClN2O2S/c1-3-19-16(21)11-5-4-6-12(9-11)20-17(22)14-10-13(23-2)7-8-15(14)18/h4-10H,3H2,1-2H3,(H,19,21)(H,20,22). The van der Waals surface area contributed by atoms with Gasteiger partial charge in [0.2, 0.25) is 0 Å². The Morgan fingerprint density at radius 2 is 1.91 bits per heavy atom. The maximum atomic E-state index is 12.4. The molecule has 0 atom stereocenters. The molecular weight excluding hydrogens is 332 g/mol. The number of anilines is 1. The van der Waals surface area contributed by atoms with E-state index in [9.17, 15) is 9.59 Å². The summed E-state index contributed by atoms with van der Waals surface area (Å²) in [7, 11) is 0. The fourth-order valence-electron chi connectivity index (χ4n) is 2.00. The monoisotopic (exact) mass is 348 g/mol. The van der Waals surface area contributed by atoms with E-state index in [-0.39, 0.29) is 11.8 Å². The lowest BCUT2D eigenvalue weighted by molar-refractivity contribution is 0.0954. The van der Waals surface area contributed by atoms with Gasteiger partial charge in [-0.1, -0.05) is 17.7 Å². The van der Waals surface area contributed by atoms with E-state index in [4.69, 9.17) is 11.6 Å². The van der Waals surface area contributed by atoms with Crippen molar-refractivity contribution in [3.05, 3.63) is 58.6 Å². The molecule has 6 heteroatoms. The number of thioether (sulfide) groups is 1. The van der Waals surface area contributed by atoms with Gasteiger partial charge in [0.25, 0.3) is 11.8 Å². The molecule has 4 nitrogen and oxygen atoms in total. The molecule has 0 saturated carbocycles. The van der Waals surface area contributed by atoms with Crippen molar-refractivity contribution in [2.45, 2.75) is 11.8 Å². The highest BCUT2D eigenvalue weighted by Crippen LogP contribution is 2.24. The Morgan fingerprint density at radius 1 is 1.13 bits per heavy atom. The summed E-state index contributed by atoms with van der Waals surface area (Å²) in [4.78, 5) is 25.2. The first-order valence-electron chi connectivity index (χ1n) is 7.08. The van der Waals surface area contributed by atoms with Crippen molar-refractivity contribution in [1.29, 1.82) is 0 Å². The highest BCUT2D eigenvalue weighted by atomic mass is 35.5. The van der Waals surface area contributed by atoms with Crippen LogP contribution in [0.25, 0.3) is 0 Å². The number of benzene rings is 2. The Bertz CT molecular complexity index is 734. The molecule has 2 rings (SSSR count). The Balaban J connectivity index is 2.20. The maximum absolute atomic E-state index is 12.4. The predicted molar refractivity (Wildman–Crippen MR) is 95.6 cm³/mol. The molecular formula is C17H17ClN2O2S. The zero-order valence-electron chi connectivity index (χ0n) is 12.9. The Labute approximate surface area is 144 Å². The van der Waals surface area contributed by atoms with Crippen molar-refractivity contribution in [2.75, 3.05) is 18.1 Å². The average molecular weight is 349 g/mol. The number of amides is 2. The molecule has 2 N–H and O–H groups in total. The van der Waals surface area contributed by atoms with Crippen LogP contribution in [0.5, 0.6) is 0 Å². The third-order valence-corrected chi connectivity index (χ3v) is 4.19. The van der Waals surface area contributed by atoms with Gasteiger partial charge >= 0.3 is 0 Å². The van der Waals surface area contributed by atoms with Gasteiger partial charge in [0.05, 0.1) is 10.6 Å². The van der Waals surface area contributed by atoms with Crippen LogP contribution in [-0.4, -0.2) is 24.6 Å². The molecule has 23 heavy (non-hydrogen) atoms. The number of hydrogen-bond donors (Lipinski definition) is 2. The number of halogens is 1. The molecule has 0 spiro atoms. The summed E-state index contributed by atoms with van der Waals surface area (Å²) in [6, 6.07) is 12.1. The second-order valence-electron chi connectivity index (χ2n) is 4.74. The van der Waals surface area contributed by atoms with Crippen molar-refractivity contribution < 1.29 is 9.59 Å². The van der Waals surface area contributed by atoms with Crippen molar-refractivity contribution in [2.24, 2.45) is 0 Å². The van der Waals surface area contributed by atoms with E-state index < -0.39 is 0 Å². The van der Waals surface area contributed by atoms with Crippen LogP contribution in [0, 0.1) is 0 Å². The highest BCUT2D eigenvalue weighted by Gasteiger charge is 2.12. The number of carbonyl (C=O) groups excluding carboxylic acids is 2. The molecule has 0 radical (unpaired) electrons. The van der Waals surface area contributed by atoms with E-state index >= 15 is 0 Å². The lowest BCUT2D eigenvalue weighted by atomic mass is 10.1. The number of carbonyl (C=O) groups is 2. The summed E-state index contributed by atoms with van der Waals surface area (Å²) in [5, 5.41) is 5.89. The van der Waals surface area contributed by atoms with Gasteiger partial charge < -0.3 is 10.6 Å². The zero-order valence-corrected chi connectivity index (χ0v) is 14.4. The number of hydrogen-bond acceptors (Lipinski definition) is 3.